The van der Waals surface area contributed by atoms with Gasteiger partial charge < -0.3 is 15.4 Å². The summed E-state index contributed by atoms with van der Waals surface area (Å²) in [6.07, 6.45) is 4.19. The van der Waals surface area contributed by atoms with Crippen molar-refractivity contribution in [3.05, 3.63) is 0 Å². The highest BCUT2D eigenvalue weighted by Crippen LogP contribution is 2.08. The molecule has 2 N–H and O–H groups in total. The van der Waals surface area contributed by atoms with Gasteiger partial charge in [0, 0.05) is 6.61 Å². The molecule has 0 saturated carbocycles. The van der Waals surface area contributed by atoms with Gasteiger partial charge in [-0.3, -0.25) is 4.79 Å². The van der Waals surface area contributed by atoms with Crippen LogP contribution in [-0.2, 0) is 9.53 Å². The molecule has 0 aromatic heterocycles. The third-order valence-electron chi connectivity index (χ3n) is 2.88. The van der Waals surface area contributed by atoms with Gasteiger partial charge in [0.05, 0.1) is 18.7 Å². The summed E-state index contributed by atoms with van der Waals surface area (Å²) < 4.78 is 5.31. The summed E-state index contributed by atoms with van der Waals surface area (Å²) in [5.74, 6) is 0.151. The minimum Gasteiger partial charge on any atom is -0.379 e. The molecule has 0 bridgehead atoms. The topological polar surface area (TPSA) is 50.4 Å². The van der Waals surface area contributed by atoms with Crippen LogP contribution in [0.25, 0.3) is 0 Å². The molecule has 1 amide bonds. The summed E-state index contributed by atoms with van der Waals surface area (Å²) in [6.45, 7) is 2.49. The molecule has 4 nitrogen and oxygen atoms in total. The molecule has 2 rings (SSSR count). The lowest BCUT2D eigenvalue weighted by atomic mass is 10.1. The molecular formula is C10H18N2O2. The molecule has 4 heteroatoms. The summed E-state index contributed by atoms with van der Waals surface area (Å²) in [5, 5.41) is 6.23. The number of hydrogen-bond donors (Lipinski definition) is 2. The van der Waals surface area contributed by atoms with Crippen molar-refractivity contribution in [2.24, 2.45) is 0 Å². The molecule has 0 aromatic carbocycles. The number of ether oxygens (including phenoxy) is 1. The number of carbonyl (C=O) groups excluding carboxylic acids is 1. The van der Waals surface area contributed by atoms with E-state index >= 15 is 0 Å². The summed E-state index contributed by atoms with van der Waals surface area (Å²) in [4.78, 5) is 11.7. The zero-order chi connectivity index (χ0) is 9.80. The van der Waals surface area contributed by atoms with E-state index in [0.717, 1.165) is 38.8 Å². The van der Waals surface area contributed by atoms with Crippen LogP contribution < -0.4 is 10.6 Å². The Bertz CT molecular complexity index is 196. The highest BCUT2D eigenvalue weighted by atomic mass is 16.5. The van der Waals surface area contributed by atoms with Gasteiger partial charge in [0.25, 0.3) is 0 Å². The molecule has 2 heterocycles. The van der Waals surface area contributed by atoms with Gasteiger partial charge in [-0.05, 0) is 32.2 Å². The average Bonchev–Trinajstić information content (AvgIpc) is 2.72. The number of rotatable bonds is 2. The van der Waals surface area contributed by atoms with Gasteiger partial charge in [-0.15, -0.1) is 0 Å². The lowest BCUT2D eigenvalue weighted by Gasteiger charge is -2.24. The second-order valence-electron chi connectivity index (χ2n) is 4.07. The molecule has 0 aliphatic carbocycles. The Morgan fingerprint density at radius 1 is 1.36 bits per heavy atom. The van der Waals surface area contributed by atoms with Crippen LogP contribution >= 0.6 is 0 Å². The molecule has 2 aliphatic rings. The van der Waals surface area contributed by atoms with E-state index < -0.39 is 0 Å². The van der Waals surface area contributed by atoms with Gasteiger partial charge in [0.1, 0.15) is 0 Å². The van der Waals surface area contributed by atoms with Crippen molar-refractivity contribution >= 4 is 5.91 Å². The van der Waals surface area contributed by atoms with Crippen LogP contribution in [0, 0.1) is 0 Å². The van der Waals surface area contributed by atoms with Crippen LogP contribution in [0.4, 0.5) is 0 Å². The van der Waals surface area contributed by atoms with Gasteiger partial charge in [0.2, 0.25) is 5.91 Å². The Morgan fingerprint density at radius 2 is 2.29 bits per heavy atom. The monoisotopic (exact) mass is 198 g/mol. The molecular weight excluding hydrogens is 180 g/mol. The smallest absolute Gasteiger partial charge is 0.237 e. The van der Waals surface area contributed by atoms with E-state index in [4.69, 9.17) is 4.74 Å². The Morgan fingerprint density at radius 3 is 2.93 bits per heavy atom. The van der Waals surface area contributed by atoms with Crippen LogP contribution in [0.15, 0.2) is 0 Å². The molecule has 0 aromatic rings. The summed E-state index contributed by atoms with van der Waals surface area (Å²) in [7, 11) is 0. The van der Waals surface area contributed by atoms with Crippen LogP contribution in [0.3, 0.4) is 0 Å². The molecule has 1 unspecified atom stereocenters. The quantitative estimate of drug-likeness (QED) is 0.658. The number of carbonyl (C=O) groups is 1. The van der Waals surface area contributed by atoms with Crippen molar-refractivity contribution in [1.82, 2.24) is 10.6 Å². The van der Waals surface area contributed by atoms with Crippen molar-refractivity contribution in [3.63, 3.8) is 0 Å². The Labute approximate surface area is 84.4 Å². The number of nitrogens with one attached hydrogen (secondary N) is 2. The standard InChI is InChI=1S/C10H18N2O2/c13-10(9-4-1-5-11-9)12-8-3-2-6-14-7-8/h8-9,11H,1-7H2,(H,12,13)/t8?,9-/m1/s1. The predicted octanol–water partition coefficient (Wildman–Crippen LogP) is 0.0336. The average molecular weight is 198 g/mol. The van der Waals surface area contributed by atoms with E-state index in [9.17, 15) is 4.79 Å². The first-order valence-corrected chi connectivity index (χ1v) is 5.48. The first kappa shape index (κ1) is 9.93. The molecule has 2 atom stereocenters. The molecule has 0 spiro atoms. The largest absolute Gasteiger partial charge is 0.379 e. The van der Waals surface area contributed by atoms with E-state index in [1.165, 1.54) is 0 Å². The van der Waals surface area contributed by atoms with E-state index in [0.29, 0.717) is 6.61 Å². The lowest BCUT2D eigenvalue weighted by Crippen LogP contribution is -2.47. The Balaban J connectivity index is 1.75. The highest BCUT2D eigenvalue weighted by molar-refractivity contribution is 5.82. The van der Waals surface area contributed by atoms with Crippen LogP contribution in [0.1, 0.15) is 25.7 Å². The molecule has 14 heavy (non-hydrogen) atoms. The van der Waals surface area contributed by atoms with Gasteiger partial charge in [0.15, 0.2) is 0 Å². The minimum atomic E-state index is 0.0388. The second-order valence-corrected chi connectivity index (χ2v) is 4.07. The third-order valence-corrected chi connectivity index (χ3v) is 2.88. The molecule has 2 aliphatic heterocycles. The first-order chi connectivity index (χ1) is 6.86. The highest BCUT2D eigenvalue weighted by Gasteiger charge is 2.24. The fraction of sp³-hybridized carbons (Fsp3) is 0.900. The van der Waals surface area contributed by atoms with Crippen molar-refractivity contribution in [2.45, 2.75) is 37.8 Å². The normalized spacial score (nSPS) is 32.9. The van der Waals surface area contributed by atoms with Crippen LogP contribution in [-0.4, -0.2) is 37.7 Å². The van der Waals surface area contributed by atoms with E-state index in [-0.39, 0.29) is 18.0 Å². The van der Waals surface area contributed by atoms with E-state index in [1.807, 2.05) is 0 Å². The summed E-state index contributed by atoms with van der Waals surface area (Å²) in [5.41, 5.74) is 0. The Hall–Kier alpha value is -0.610. The summed E-state index contributed by atoms with van der Waals surface area (Å²) >= 11 is 0. The molecule has 2 saturated heterocycles. The van der Waals surface area contributed by atoms with Crippen molar-refractivity contribution in [1.29, 1.82) is 0 Å². The lowest BCUT2D eigenvalue weighted by molar-refractivity contribution is -0.124. The van der Waals surface area contributed by atoms with Crippen molar-refractivity contribution in [3.8, 4) is 0 Å². The van der Waals surface area contributed by atoms with Crippen LogP contribution in [0.2, 0.25) is 0 Å². The fourth-order valence-electron chi connectivity index (χ4n) is 2.06. The maximum Gasteiger partial charge on any atom is 0.237 e. The molecule has 2 fully saturated rings. The minimum absolute atomic E-state index is 0.0388. The maximum atomic E-state index is 11.7. The first-order valence-electron chi connectivity index (χ1n) is 5.48. The number of amides is 1. The predicted molar refractivity (Wildman–Crippen MR) is 53.0 cm³/mol. The fourth-order valence-corrected chi connectivity index (χ4v) is 2.06. The molecule has 80 valence electrons. The zero-order valence-electron chi connectivity index (χ0n) is 8.42. The van der Waals surface area contributed by atoms with Gasteiger partial charge >= 0.3 is 0 Å². The zero-order valence-corrected chi connectivity index (χ0v) is 8.42. The van der Waals surface area contributed by atoms with E-state index in [2.05, 4.69) is 10.6 Å². The van der Waals surface area contributed by atoms with Gasteiger partial charge in [-0.2, -0.15) is 0 Å². The number of hydrogen-bond acceptors (Lipinski definition) is 3. The second kappa shape index (κ2) is 4.75. The van der Waals surface area contributed by atoms with Gasteiger partial charge in [-0.1, -0.05) is 0 Å². The van der Waals surface area contributed by atoms with Crippen molar-refractivity contribution in [2.75, 3.05) is 19.8 Å². The maximum absolute atomic E-state index is 11.7. The van der Waals surface area contributed by atoms with Gasteiger partial charge in [-0.25, -0.2) is 0 Å². The SMILES string of the molecule is O=C(NC1CCCOC1)[C@H]1CCCN1. The van der Waals surface area contributed by atoms with Crippen LogP contribution in [0.5, 0.6) is 0 Å². The Kier molecular flexibility index (Phi) is 3.37. The third kappa shape index (κ3) is 2.45. The molecule has 0 radical (unpaired) electrons. The summed E-state index contributed by atoms with van der Waals surface area (Å²) in [6, 6.07) is 0.274. The van der Waals surface area contributed by atoms with Crippen molar-refractivity contribution < 1.29 is 9.53 Å². The van der Waals surface area contributed by atoms with E-state index in [1.54, 1.807) is 0 Å².